The van der Waals surface area contributed by atoms with Gasteiger partial charge < -0.3 is 5.32 Å². The van der Waals surface area contributed by atoms with E-state index in [1.165, 1.54) is 17.5 Å². The second-order valence-corrected chi connectivity index (χ2v) is 8.70. The molecule has 4 rings (SSSR count). The smallest absolute Gasteiger partial charge is 0.224 e. The van der Waals surface area contributed by atoms with Crippen molar-refractivity contribution < 1.29 is 4.79 Å². The molecule has 1 aromatic carbocycles. The lowest BCUT2D eigenvalue weighted by atomic mass is 9.81. The minimum atomic E-state index is 0.0184. The van der Waals surface area contributed by atoms with Crippen LogP contribution in [0, 0.1) is 11.8 Å². The molecular weight excluding hydrogens is 328 g/mol. The van der Waals surface area contributed by atoms with Crippen LogP contribution in [-0.2, 0) is 4.79 Å². The number of para-hydroxylation sites is 1. The molecule has 25 heavy (non-hydrogen) atoms. The molecular formula is C21H26N2OS. The van der Waals surface area contributed by atoms with E-state index < -0.39 is 0 Å². The van der Waals surface area contributed by atoms with Gasteiger partial charge in [0, 0.05) is 12.0 Å². The predicted molar refractivity (Wildman–Crippen MR) is 104 cm³/mol. The first-order valence-corrected chi connectivity index (χ1v) is 10.3. The third-order valence-corrected chi connectivity index (χ3v) is 6.93. The number of aromatic nitrogens is 1. The first-order valence-electron chi connectivity index (χ1n) is 9.51. The molecule has 0 radical (unpaired) electrons. The highest BCUT2D eigenvalue weighted by Gasteiger charge is 2.33. The van der Waals surface area contributed by atoms with Crippen molar-refractivity contribution >= 4 is 27.5 Å². The van der Waals surface area contributed by atoms with Crippen molar-refractivity contribution in [2.24, 2.45) is 11.8 Å². The molecule has 1 aromatic heterocycles. The molecule has 1 fully saturated rings. The van der Waals surface area contributed by atoms with Gasteiger partial charge in [-0.15, -0.1) is 11.3 Å². The van der Waals surface area contributed by atoms with Crippen molar-refractivity contribution in [1.82, 2.24) is 10.3 Å². The highest BCUT2D eigenvalue weighted by atomic mass is 32.1. The fraction of sp³-hybridized carbons (Fsp3) is 0.524. The van der Waals surface area contributed by atoms with Gasteiger partial charge in [-0.25, -0.2) is 4.98 Å². The topological polar surface area (TPSA) is 42.0 Å². The second-order valence-electron chi connectivity index (χ2n) is 7.64. The van der Waals surface area contributed by atoms with Gasteiger partial charge in [-0.3, -0.25) is 4.79 Å². The van der Waals surface area contributed by atoms with Crippen molar-refractivity contribution in [2.45, 2.75) is 57.4 Å². The summed E-state index contributed by atoms with van der Waals surface area (Å²) in [5.74, 6) is 1.27. The standard InChI is InChI=1S/C21H26N2OS/c1-14-10-12-15(13-11-14)22-20(24)16-6-2-3-7-17(16)21-23-18-8-4-5-9-19(18)25-21/h2-5,8-9,14-17H,6-7,10-13H2,1H3,(H,22,24). The van der Waals surface area contributed by atoms with Crippen molar-refractivity contribution in [1.29, 1.82) is 0 Å². The van der Waals surface area contributed by atoms with Gasteiger partial charge in [-0.05, 0) is 56.6 Å². The quantitative estimate of drug-likeness (QED) is 0.785. The molecule has 3 nitrogen and oxygen atoms in total. The van der Waals surface area contributed by atoms with Crippen LogP contribution >= 0.6 is 11.3 Å². The van der Waals surface area contributed by atoms with Crippen LogP contribution in [0.25, 0.3) is 10.2 Å². The number of allylic oxidation sites excluding steroid dienone is 2. The van der Waals surface area contributed by atoms with Crippen LogP contribution in [0.5, 0.6) is 0 Å². The summed E-state index contributed by atoms with van der Waals surface area (Å²) >= 11 is 1.75. The summed E-state index contributed by atoms with van der Waals surface area (Å²) in [5.41, 5.74) is 1.05. The lowest BCUT2D eigenvalue weighted by Crippen LogP contribution is -2.42. The molecule has 0 bridgehead atoms. The van der Waals surface area contributed by atoms with Gasteiger partial charge in [0.2, 0.25) is 5.91 Å². The fourth-order valence-electron chi connectivity index (χ4n) is 4.14. The van der Waals surface area contributed by atoms with Crippen LogP contribution in [0.1, 0.15) is 56.4 Å². The van der Waals surface area contributed by atoms with E-state index in [1.807, 2.05) is 6.07 Å². The maximum Gasteiger partial charge on any atom is 0.224 e. The first kappa shape index (κ1) is 16.8. The second kappa shape index (κ2) is 7.28. The molecule has 1 N–H and O–H groups in total. The van der Waals surface area contributed by atoms with Gasteiger partial charge in [0.05, 0.1) is 21.1 Å². The third kappa shape index (κ3) is 3.64. The Morgan fingerprint density at radius 3 is 2.68 bits per heavy atom. The minimum Gasteiger partial charge on any atom is -0.353 e. The monoisotopic (exact) mass is 354 g/mol. The van der Waals surface area contributed by atoms with Crippen LogP contribution in [0.15, 0.2) is 36.4 Å². The Morgan fingerprint density at radius 1 is 1.12 bits per heavy atom. The van der Waals surface area contributed by atoms with Crippen LogP contribution in [0.2, 0.25) is 0 Å². The zero-order valence-electron chi connectivity index (χ0n) is 14.8. The number of hydrogen-bond donors (Lipinski definition) is 1. The zero-order valence-corrected chi connectivity index (χ0v) is 15.6. The lowest BCUT2D eigenvalue weighted by molar-refractivity contribution is -0.126. The number of carbonyl (C=O) groups is 1. The van der Waals surface area contributed by atoms with E-state index in [0.29, 0.717) is 6.04 Å². The molecule has 1 heterocycles. The number of thiazole rings is 1. The summed E-state index contributed by atoms with van der Waals surface area (Å²) in [7, 11) is 0. The van der Waals surface area contributed by atoms with Gasteiger partial charge in [-0.1, -0.05) is 31.2 Å². The van der Waals surface area contributed by atoms with E-state index >= 15 is 0 Å². The summed E-state index contributed by atoms with van der Waals surface area (Å²) in [6, 6.07) is 8.63. The zero-order chi connectivity index (χ0) is 17.2. The average Bonchev–Trinajstić information content (AvgIpc) is 3.07. The Morgan fingerprint density at radius 2 is 1.88 bits per heavy atom. The Kier molecular flexibility index (Phi) is 4.89. The number of hydrogen-bond acceptors (Lipinski definition) is 3. The number of nitrogens with zero attached hydrogens (tertiary/aromatic N) is 1. The van der Waals surface area contributed by atoms with Crippen LogP contribution < -0.4 is 5.32 Å². The van der Waals surface area contributed by atoms with E-state index in [0.717, 1.165) is 42.1 Å². The van der Waals surface area contributed by atoms with Crippen molar-refractivity contribution in [3.63, 3.8) is 0 Å². The molecule has 2 aliphatic rings. The fourth-order valence-corrected chi connectivity index (χ4v) is 5.28. The SMILES string of the molecule is CC1CCC(NC(=O)C2CC=CCC2c2nc3ccccc3s2)CC1. The molecule has 132 valence electrons. The molecule has 1 saturated carbocycles. The van der Waals surface area contributed by atoms with E-state index in [-0.39, 0.29) is 17.7 Å². The van der Waals surface area contributed by atoms with Crippen molar-refractivity contribution in [2.75, 3.05) is 0 Å². The largest absolute Gasteiger partial charge is 0.353 e. The van der Waals surface area contributed by atoms with E-state index in [4.69, 9.17) is 4.98 Å². The number of fused-ring (bicyclic) bond motifs is 1. The third-order valence-electron chi connectivity index (χ3n) is 5.76. The van der Waals surface area contributed by atoms with Crippen LogP contribution in [0.3, 0.4) is 0 Å². The Bertz CT molecular complexity index is 740. The molecule has 2 atom stereocenters. The molecule has 0 spiro atoms. The Hall–Kier alpha value is -1.68. The number of nitrogens with one attached hydrogen (secondary N) is 1. The number of rotatable bonds is 3. The highest BCUT2D eigenvalue weighted by Crippen LogP contribution is 2.38. The maximum absolute atomic E-state index is 13.0. The number of carbonyl (C=O) groups excluding carboxylic acids is 1. The van der Waals surface area contributed by atoms with Crippen molar-refractivity contribution in [3.8, 4) is 0 Å². The molecule has 2 aromatic rings. The summed E-state index contributed by atoms with van der Waals surface area (Å²) in [4.78, 5) is 17.8. The maximum atomic E-state index is 13.0. The lowest BCUT2D eigenvalue weighted by Gasteiger charge is -2.31. The molecule has 2 unspecified atom stereocenters. The van der Waals surface area contributed by atoms with Gasteiger partial charge in [0.1, 0.15) is 0 Å². The first-order chi connectivity index (χ1) is 12.2. The highest BCUT2D eigenvalue weighted by molar-refractivity contribution is 7.18. The summed E-state index contributed by atoms with van der Waals surface area (Å²) in [5, 5.41) is 4.46. The molecule has 4 heteroatoms. The van der Waals surface area contributed by atoms with E-state index in [1.54, 1.807) is 11.3 Å². The van der Waals surface area contributed by atoms with E-state index in [2.05, 4.69) is 42.6 Å². The van der Waals surface area contributed by atoms with Gasteiger partial charge in [-0.2, -0.15) is 0 Å². The predicted octanol–water partition coefficient (Wildman–Crippen LogP) is 5.04. The number of amides is 1. The molecule has 1 amide bonds. The van der Waals surface area contributed by atoms with Gasteiger partial charge in [0.15, 0.2) is 0 Å². The van der Waals surface area contributed by atoms with Gasteiger partial charge in [0.25, 0.3) is 0 Å². The van der Waals surface area contributed by atoms with Gasteiger partial charge >= 0.3 is 0 Å². The summed E-state index contributed by atoms with van der Waals surface area (Å²) in [6.07, 6.45) is 10.8. The summed E-state index contributed by atoms with van der Waals surface area (Å²) in [6.45, 7) is 2.31. The van der Waals surface area contributed by atoms with Crippen LogP contribution in [-0.4, -0.2) is 16.9 Å². The Labute approximate surface area is 153 Å². The molecule has 0 aliphatic heterocycles. The summed E-state index contributed by atoms with van der Waals surface area (Å²) < 4.78 is 1.22. The average molecular weight is 355 g/mol. The Balaban J connectivity index is 1.50. The minimum absolute atomic E-state index is 0.0184. The molecule has 0 saturated heterocycles. The number of benzene rings is 1. The van der Waals surface area contributed by atoms with E-state index in [9.17, 15) is 4.79 Å². The van der Waals surface area contributed by atoms with Crippen LogP contribution in [0.4, 0.5) is 0 Å². The normalized spacial score (nSPS) is 29.6. The molecule has 2 aliphatic carbocycles. The van der Waals surface area contributed by atoms with Crippen molar-refractivity contribution in [3.05, 3.63) is 41.4 Å².